The van der Waals surface area contributed by atoms with E-state index in [4.69, 9.17) is 4.74 Å². The van der Waals surface area contributed by atoms with Crippen molar-refractivity contribution in [2.24, 2.45) is 0 Å². The number of halogens is 1. The molecule has 0 aromatic heterocycles. The Morgan fingerprint density at radius 1 is 1.17 bits per heavy atom. The van der Waals surface area contributed by atoms with Crippen molar-refractivity contribution in [1.29, 1.82) is 0 Å². The van der Waals surface area contributed by atoms with Crippen LogP contribution in [0.5, 0.6) is 5.75 Å². The maximum Gasteiger partial charge on any atom is 0.126 e. The van der Waals surface area contributed by atoms with E-state index >= 15 is 0 Å². The first-order chi connectivity index (χ1) is 11.0. The van der Waals surface area contributed by atoms with Crippen molar-refractivity contribution in [1.82, 2.24) is 4.90 Å². The number of benzene rings is 2. The highest BCUT2D eigenvalue weighted by atomic mass is 19.1. The fraction of sp³-hybridized carbons (Fsp3) is 0.368. The van der Waals surface area contributed by atoms with Gasteiger partial charge in [0.1, 0.15) is 11.6 Å². The zero-order valence-electron chi connectivity index (χ0n) is 13.5. The summed E-state index contributed by atoms with van der Waals surface area (Å²) in [4.78, 5) is 2.13. The topological polar surface area (TPSA) is 32.7 Å². The van der Waals surface area contributed by atoms with Crippen LogP contribution in [0.1, 0.15) is 23.5 Å². The molecule has 1 saturated heterocycles. The fourth-order valence-electron chi connectivity index (χ4n) is 3.43. The van der Waals surface area contributed by atoms with Gasteiger partial charge in [-0.3, -0.25) is 0 Å². The van der Waals surface area contributed by atoms with E-state index in [1.54, 1.807) is 19.2 Å². The molecule has 2 unspecified atom stereocenters. The maximum absolute atomic E-state index is 14.3. The fourth-order valence-corrected chi connectivity index (χ4v) is 3.43. The second-order valence-electron chi connectivity index (χ2n) is 6.24. The van der Waals surface area contributed by atoms with E-state index in [0.29, 0.717) is 18.5 Å². The van der Waals surface area contributed by atoms with Crippen LogP contribution in [-0.2, 0) is 5.60 Å². The largest absolute Gasteiger partial charge is 0.497 e. The number of piperidine rings is 1. The second kappa shape index (κ2) is 6.30. The monoisotopic (exact) mass is 315 g/mol. The molecule has 4 heteroatoms. The van der Waals surface area contributed by atoms with Crippen LogP contribution in [0, 0.1) is 5.82 Å². The lowest BCUT2D eigenvalue weighted by Crippen LogP contribution is -2.47. The van der Waals surface area contributed by atoms with E-state index in [1.807, 2.05) is 37.4 Å². The third kappa shape index (κ3) is 2.96. The van der Waals surface area contributed by atoms with Gasteiger partial charge in [-0.25, -0.2) is 4.39 Å². The Bertz CT molecular complexity index is 673. The van der Waals surface area contributed by atoms with Crippen molar-refractivity contribution in [2.75, 3.05) is 27.2 Å². The summed E-state index contributed by atoms with van der Waals surface area (Å²) in [5, 5.41) is 11.4. The van der Waals surface area contributed by atoms with Crippen LogP contribution in [0.25, 0.3) is 0 Å². The van der Waals surface area contributed by atoms with Gasteiger partial charge in [-0.15, -0.1) is 0 Å². The number of likely N-dealkylation sites (N-methyl/N-ethyl adjacent to an activating group) is 1. The highest BCUT2D eigenvalue weighted by molar-refractivity contribution is 5.36. The van der Waals surface area contributed by atoms with Crippen molar-refractivity contribution < 1.29 is 14.2 Å². The number of likely N-dealkylation sites (tertiary alicyclic amines) is 1. The van der Waals surface area contributed by atoms with Crippen LogP contribution >= 0.6 is 0 Å². The molecule has 3 nitrogen and oxygen atoms in total. The molecule has 1 aliphatic rings. The second-order valence-corrected chi connectivity index (χ2v) is 6.24. The molecule has 1 fully saturated rings. The molecule has 23 heavy (non-hydrogen) atoms. The van der Waals surface area contributed by atoms with Gasteiger partial charge < -0.3 is 14.7 Å². The van der Waals surface area contributed by atoms with E-state index < -0.39 is 5.60 Å². The first kappa shape index (κ1) is 16.0. The first-order valence-corrected chi connectivity index (χ1v) is 7.84. The van der Waals surface area contributed by atoms with Crippen molar-refractivity contribution in [3.05, 3.63) is 65.5 Å². The Hall–Kier alpha value is -1.91. The molecule has 2 atom stereocenters. The highest BCUT2D eigenvalue weighted by Crippen LogP contribution is 2.44. The minimum absolute atomic E-state index is 0.264. The average Bonchev–Trinajstić information content (AvgIpc) is 2.58. The summed E-state index contributed by atoms with van der Waals surface area (Å²) in [7, 11) is 3.61. The molecule has 0 bridgehead atoms. The molecule has 122 valence electrons. The number of rotatable bonds is 3. The Morgan fingerprint density at radius 3 is 2.52 bits per heavy atom. The third-order valence-electron chi connectivity index (χ3n) is 4.82. The van der Waals surface area contributed by atoms with Gasteiger partial charge >= 0.3 is 0 Å². The predicted octanol–water partition coefficient (Wildman–Crippen LogP) is 3.14. The quantitative estimate of drug-likeness (QED) is 0.944. The van der Waals surface area contributed by atoms with E-state index in [0.717, 1.165) is 17.9 Å². The lowest BCUT2D eigenvalue weighted by Gasteiger charge is -2.44. The summed E-state index contributed by atoms with van der Waals surface area (Å²) in [6, 6.07) is 14.1. The molecule has 1 heterocycles. The Labute approximate surface area is 136 Å². The number of aliphatic hydroxyl groups is 1. The SMILES string of the molecule is COc1ccc(C2(O)CCN(C)CC2c2ccccc2F)cc1. The molecule has 0 spiro atoms. The first-order valence-electron chi connectivity index (χ1n) is 7.84. The zero-order chi connectivity index (χ0) is 16.4. The van der Waals surface area contributed by atoms with Gasteiger partial charge in [0.25, 0.3) is 0 Å². The minimum atomic E-state index is -1.08. The molecule has 1 aliphatic heterocycles. The van der Waals surface area contributed by atoms with Crippen LogP contribution in [-0.4, -0.2) is 37.3 Å². The van der Waals surface area contributed by atoms with Gasteiger partial charge in [0.2, 0.25) is 0 Å². The maximum atomic E-state index is 14.3. The summed E-state index contributed by atoms with van der Waals surface area (Å²) >= 11 is 0. The molecule has 2 aromatic carbocycles. The molecule has 2 aromatic rings. The minimum Gasteiger partial charge on any atom is -0.497 e. The normalized spacial score (nSPS) is 25.3. The summed E-state index contributed by atoms with van der Waals surface area (Å²) in [6.45, 7) is 1.39. The summed E-state index contributed by atoms with van der Waals surface area (Å²) in [6.07, 6.45) is 0.564. The van der Waals surface area contributed by atoms with Crippen molar-refractivity contribution in [2.45, 2.75) is 17.9 Å². The Kier molecular flexibility index (Phi) is 4.37. The predicted molar refractivity (Wildman–Crippen MR) is 88.1 cm³/mol. The van der Waals surface area contributed by atoms with Gasteiger partial charge in [0.05, 0.1) is 12.7 Å². The summed E-state index contributed by atoms with van der Waals surface area (Å²) < 4.78 is 19.5. The molecular formula is C19H22FNO2. The van der Waals surface area contributed by atoms with Gasteiger partial charge in [0, 0.05) is 19.0 Å². The molecule has 0 radical (unpaired) electrons. The summed E-state index contributed by atoms with van der Waals surface area (Å²) in [5.74, 6) is 0.170. The Balaban J connectivity index is 2.04. The third-order valence-corrected chi connectivity index (χ3v) is 4.82. The van der Waals surface area contributed by atoms with Crippen molar-refractivity contribution >= 4 is 0 Å². The number of hydrogen-bond acceptors (Lipinski definition) is 3. The highest BCUT2D eigenvalue weighted by Gasteiger charge is 2.43. The van der Waals surface area contributed by atoms with E-state index in [2.05, 4.69) is 4.90 Å². The van der Waals surface area contributed by atoms with Crippen LogP contribution < -0.4 is 4.74 Å². The Morgan fingerprint density at radius 2 is 1.87 bits per heavy atom. The summed E-state index contributed by atoms with van der Waals surface area (Å²) in [5.41, 5.74) is 0.290. The van der Waals surface area contributed by atoms with Gasteiger partial charge in [0.15, 0.2) is 0 Å². The number of methoxy groups -OCH3 is 1. The van der Waals surface area contributed by atoms with E-state index in [1.165, 1.54) is 6.07 Å². The molecule has 0 aliphatic carbocycles. The van der Waals surface area contributed by atoms with Gasteiger partial charge in [-0.1, -0.05) is 30.3 Å². The number of hydrogen-bond donors (Lipinski definition) is 1. The molecule has 3 rings (SSSR count). The van der Waals surface area contributed by atoms with E-state index in [-0.39, 0.29) is 11.7 Å². The standard InChI is InChI=1S/C19H22FNO2/c1-21-12-11-19(22,14-7-9-15(23-2)10-8-14)17(13-21)16-5-3-4-6-18(16)20/h3-10,17,22H,11-13H2,1-2H3. The molecule has 0 amide bonds. The zero-order valence-corrected chi connectivity index (χ0v) is 13.5. The van der Waals surface area contributed by atoms with Crippen LogP contribution in [0.15, 0.2) is 48.5 Å². The van der Waals surface area contributed by atoms with Gasteiger partial charge in [-0.2, -0.15) is 0 Å². The average molecular weight is 315 g/mol. The number of ether oxygens (including phenoxy) is 1. The molecule has 0 saturated carbocycles. The smallest absolute Gasteiger partial charge is 0.126 e. The lowest BCUT2D eigenvalue weighted by molar-refractivity contribution is -0.0428. The van der Waals surface area contributed by atoms with Crippen LogP contribution in [0.3, 0.4) is 0 Å². The van der Waals surface area contributed by atoms with Crippen LogP contribution in [0.2, 0.25) is 0 Å². The lowest BCUT2D eigenvalue weighted by atomic mass is 9.72. The van der Waals surface area contributed by atoms with Crippen LogP contribution in [0.4, 0.5) is 4.39 Å². The van der Waals surface area contributed by atoms with Crippen molar-refractivity contribution in [3.8, 4) is 5.75 Å². The molecule has 1 N–H and O–H groups in total. The molecular weight excluding hydrogens is 293 g/mol. The number of nitrogens with zero attached hydrogens (tertiary/aromatic N) is 1. The van der Waals surface area contributed by atoms with Crippen molar-refractivity contribution in [3.63, 3.8) is 0 Å². The van der Waals surface area contributed by atoms with E-state index in [9.17, 15) is 9.50 Å². The van der Waals surface area contributed by atoms with Gasteiger partial charge in [-0.05, 0) is 42.8 Å².